The summed E-state index contributed by atoms with van der Waals surface area (Å²) in [6.07, 6.45) is 6.67. The first-order valence-corrected chi connectivity index (χ1v) is 18.6. The molecular formula is C22H43NO4Sn. The fourth-order valence-electron chi connectivity index (χ4n) is 3.34. The number of rotatable bonds is 13. The molecule has 0 spiro atoms. The number of carbonyl (C=O) groups is 2. The molecule has 6 heteroatoms. The average Bonchev–Trinajstić information content (AvgIpc) is 2.63. The van der Waals surface area contributed by atoms with Gasteiger partial charge in [-0.3, -0.25) is 0 Å². The molecule has 164 valence electrons. The Morgan fingerprint density at radius 2 is 1.39 bits per heavy atom. The summed E-state index contributed by atoms with van der Waals surface area (Å²) in [5.74, 6) is -0.332. The van der Waals surface area contributed by atoms with E-state index in [1.165, 1.54) is 58.9 Å². The van der Waals surface area contributed by atoms with Crippen LogP contribution in [0.25, 0.3) is 0 Å². The van der Waals surface area contributed by atoms with Crippen molar-refractivity contribution in [3.05, 3.63) is 9.67 Å². The van der Waals surface area contributed by atoms with Gasteiger partial charge in [0, 0.05) is 0 Å². The van der Waals surface area contributed by atoms with Gasteiger partial charge in [-0.05, 0) is 0 Å². The SMILES string of the molecule is CCC[CH2][Sn](/[CH]=C(/CNC(=O)OC(C)(C)C)C(=O)OC)([CH2]CCC)[CH2]CCC. The van der Waals surface area contributed by atoms with Crippen LogP contribution in [-0.2, 0) is 14.3 Å². The summed E-state index contributed by atoms with van der Waals surface area (Å²) in [5.41, 5.74) is 0.0402. The topological polar surface area (TPSA) is 64.6 Å². The van der Waals surface area contributed by atoms with Gasteiger partial charge in [-0.15, -0.1) is 0 Å². The van der Waals surface area contributed by atoms with Crippen LogP contribution < -0.4 is 5.32 Å². The molecule has 0 saturated carbocycles. The van der Waals surface area contributed by atoms with Crippen molar-refractivity contribution in [1.82, 2.24) is 5.32 Å². The van der Waals surface area contributed by atoms with Gasteiger partial charge in [0.15, 0.2) is 0 Å². The van der Waals surface area contributed by atoms with Gasteiger partial charge in [-0.1, -0.05) is 0 Å². The first kappa shape index (κ1) is 27.3. The van der Waals surface area contributed by atoms with E-state index in [0.29, 0.717) is 5.57 Å². The minimum atomic E-state index is -2.67. The number of methoxy groups -OCH3 is 1. The van der Waals surface area contributed by atoms with Crippen LogP contribution in [0, 0.1) is 0 Å². The second-order valence-electron chi connectivity index (χ2n) is 8.69. The van der Waals surface area contributed by atoms with Gasteiger partial charge in [0.1, 0.15) is 0 Å². The van der Waals surface area contributed by atoms with E-state index < -0.39 is 30.1 Å². The summed E-state index contributed by atoms with van der Waals surface area (Å²) in [7, 11) is 1.41. The summed E-state index contributed by atoms with van der Waals surface area (Å²) in [4.78, 5) is 24.5. The molecule has 1 N–H and O–H groups in total. The summed E-state index contributed by atoms with van der Waals surface area (Å²) >= 11 is -2.67. The number of ether oxygens (including phenoxy) is 2. The fourth-order valence-corrected chi connectivity index (χ4v) is 18.5. The molecule has 0 saturated heterocycles. The Morgan fingerprint density at radius 1 is 0.929 bits per heavy atom. The van der Waals surface area contributed by atoms with Gasteiger partial charge in [0.05, 0.1) is 0 Å². The van der Waals surface area contributed by atoms with Crippen LogP contribution in [0.2, 0.25) is 13.3 Å². The predicted molar refractivity (Wildman–Crippen MR) is 119 cm³/mol. The zero-order valence-corrected chi connectivity index (χ0v) is 22.1. The van der Waals surface area contributed by atoms with Crippen LogP contribution in [0.1, 0.15) is 80.1 Å². The van der Waals surface area contributed by atoms with Crippen molar-refractivity contribution >= 4 is 30.4 Å². The van der Waals surface area contributed by atoms with Gasteiger partial charge in [-0.25, -0.2) is 0 Å². The summed E-state index contributed by atoms with van der Waals surface area (Å²) in [6.45, 7) is 12.3. The molecule has 5 nitrogen and oxygen atoms in total. The van der Waals surface area contributed by atoms with Gasteiger partial charge in [0.25, 0.3) is 0 Å². The van der Waals surface area contributed by atoms with Gasteiger partial charge >= 0.3 is 177 Å². The van der Waals surface area contributed by atoms with E-state index in [1.807, 2.05) is 20.8 Å². The van der Waals surface area contributed by atoms with Crippen molar-refractivity contribution in [2.24, 2.45) is 0 Å². The zero-order valence-electron chi connectivity index (χ0n) is 19.3. The van der Waals surface area contributed by atoms with Crippen molar-refractivity contribution in [2.75, 3.05) is 13.7 Å². The average molecular weight is 504 g/mol. The molecule has 0 bridgehead atoms. The van der Waals surface area contributed by atoms with Crippen molar-refractivity contribution in [3.63, 3.8) is 0 Å². The Morgan fingerprint density at radius 3 is 1.75 bits per heavy atom. The molecule has 0 heterocycles. The molecule has 0 unspecified atom stereocenters. The standard InChI is InChI=1S/C10H16NO4.3C4H9.Sn/c1-7(8(12)14-5)6-11-9(13)15-10(2,3)4;3*1-3-4-2;/h1H,6H2,2-5H3,(H,11,13);3*1,3-4H2,2H3;. The second kappa shape index (κ2) is 14.3. The van der Waals surface area contributed by atoms with E-state index in [0.717, 1.165) is 0 Å². The van der Waals surface area contributed by atoms with Crippen LogP contribution >= 0.6 is 0 Å². The Kier molecular flexibility index (Phi) is 13.9. The van der Waals surface area contributed by atoms with Crippen LogP contribution in [-0.4, -0.2) is 49.7 Å². The molecule has 0 rings (SSSR count). The number of unbranched alkanes of at least 4 members (excludes halogenated alkanes) is 3. The number of amides is 1. The normalized spacial score (nSPS) is 12.6. The maximum atomic E-state index is 12.5. The Hall–Kier alpha value is -0.721. The minimum absolute atomic E-state index is 0.171. The second-order valence-corrected chi connectivity index (χ2v) is 21.6. The van der Waals surface area contributed by atoms with Gasteiger partial charge < -0.3 is 0 Å². The van der Waals surface area contributed by atoms with Gasteiger partial charge in [0.2, 0.25) is 0 Å². The van der Waals surface area contributed by atoms with Crippen LogP contribution in [0.4, 0.5) is 4.79 Å². The third-order valence-electron chi connectivity index (χ3n) is 4.83. The van der Waals surface area contributed by atoms with Crippen molar-refractivity contribution < 1.29 is 19.1 Å². The van der Waals surface area contributed by atoms with Crippen molar-refractivity contribution in [2.45, 2.75) is 99.0 Å². The van der Waals surface area contributed by atoms with Gasteiger partial charge in [-0.2, -0.15) is 0 Å². The molecular weight excluding hydrogens is 461 g/mol. The molecule has 0 aromatic heterocycles. The Labute approximate surface area is 176 Å². The molecule has 0 aromatic rings. The molecule has 28 heavy (non-hydrogen) atoms. The van der Waals surface area contributed by atoms with Crippen molar-refractivity contribution in [3.8, 4) is 0 Å². The summed E-state index contributed by atoms with van der Waals surface area (Å²) < 4.78 is 16.4. The molecule has 0 radical (unpaired) electrons. The molecule has 1 amide bonds. The first-order chi connectivity index (χ1) is 13.1. The van der Waals surface area contributed by atoms with E-state index in [9.17, 15) is 9.59 Å². The molecule has 0 aromatic carbocycles. The fraction of sp³-hybridized carbons (Fsp3) is 0.818. The van der Waals surface area contributed by atoms with E-state index in [1.54, 1.807) is 0 Å². The van der Waals surface area contributed by atoms with E-state index >= 15 is 0 Å². The third kappa shape index (κ3) is 12.0. The Bertz CT molecular complexity index is 475. The molecule has 0 aliphatic heterocycles. The molecule has 0 fully saturated rings. The van der Waals surface area contributed by atoms with Crippen LogP contribution in [0.15, 0.2) is 9.67 Å². The zero-order chi connectivity index (χ0) is 21.6. The predicted octanol–water partition coefficient (Wildman–Crippen LogP) is 6.00. The molecule has 0 aliphatic carbocycles. The summed E-state index contributed by atoms with van der Waals surface area (Å²) in [6, 6.07) is 0. The maximum absolute atomic E-state index is 12.5. The number of esters is 1. The Balaban J connectivity index is 5.62. The monoisotopic (exact) mass is 505 g/mol. The number of nitrogens with one attached hydrogen (secondary N) is 1. The molecule has 0 aliphatic rings. The number of hydrogen-bond acceptors (Lipinski definition) is 4. The summed E-state index contributed by atoms with van der Waals surface area (Å²) in [5, 5.41) is 2.75. The third-order valence-corrected chi connectivity index (χ3v) is 19.1. The molecule has 0 atom stereocenters. The first-order valence-electron chi connectivity index (χ1n) is 10.9. The van der Waals surface area contributed by atoms with E-state index in [2.05, 4.69) is 30.2 Å². The van der Waals surface area contributed by atoms with Crippen LogP contribution in [0.5, 0.6) is 0 Å². The van der Waals surface area contributed by atoms with E-state index in [4.69, 9.17) is 9.47 Å². The number of carbonyl (C=O) groups excluding carboxylic acids is 2. The number of hydrogen-bond donors (Lipinski definition) is 1. The van der Waals surface area contributed by atoms with E-state index in [-0.39, 0.29) is 12.5 Å². The van der Waals surface area contributed by atoms with Crippen molar-refractivity contribution in [1.29, 1.82) is 0 Å². The quantitative estimate of drug-likeness (QED) is 0.190. The number of alkyl carbamates (subject to hydrolysis) is 1. The van der Waals surface area contributed by atoms with Crippen LogP contribution in [0.3, 0.4) is 0 Å².